The van der Waals surface area contributed by atoms with E-state index in [0.717, 1.165) is 45.7 Å². The van der Waals surface area contributed by atoms with E-state index >= 15 is 0 Å². The maximum atomic E-state index is 13.9. The second-order valence-corrected chi connectivity index (χ2v) is 9.48. The average molecular weight is 561 g/mol. The Labute approximate surface area is 229 Å². The number of H-pyrrole nitrogens is 1. The number of para-hydroxylation sites is 1. The molecule has 0 aliphatic heterocycles. The van der Waals surface area contributed by atoms with Crippen molar-refractivity contribution in [3.05, 3.63) is 36.0 Å². The molecule has 0 radical (unpaired) electrons. The summed E-state index contributed by atoms with van der Waals surface area (Å²) in [6.45, 7) is 4.38. The van der Waals surface area contributed by atoms with Crippen LogP contribution in [0.15, 0.2) is 30.5 Å². The van der Waals surface area contributed by atoms with Crippen LogP contribution < -0.4 is 5.32 Å². The van der Waals surface area contributed by atoms with E-state index in [4.69, 9.17) is 23.7 Å². The van der Waals surface area contributed by atoms with Gasteiger partial charge in [0.25, 0.3) is 5.91 Å². The van der Waals surface area contributed by atoms with Crippen LogP contribution in [0, 0.1) is 0 Å². The highest BCUT2D eigenvalue weighted by molar-refractivity contribution is 5.92. The summed E-state index contributed by atoms with van der Waals surface area (Å²) >= 11 is 0. The Morgan fingerprint density at radius 2 is 1.48 bits per heavy atom. The number of fused-ring (bicyclic) bond motifs is 1. The van der Waals surface area contributed by atoms with Crippen LogP contribution >= 0.6 is 0 Å². The molecule has 40 heavy (non-hydrogen) atoms. The fraction of sp³-hybridized carbons (Fsp3) is 0.481. The van der Waals surface area contributed by atoms with Crippen molar-refractivity contribution in [3.63, 3.8) is 0 Å². The number of esters is 5. The maximum Gasteiger partial charge on any atom is 0.328 e. The highest BCUT2D eigenvalue weighted by Gasteiger charge is 2.57. The van der Waals surface area contributed by atoms with Crippen molar-refractivity contribution in [2.75, 3.05) is 7.11 Å². The van der Waals surface area contributed by atoms with E-state index in [-0.39, 0.29) is 6.42 Å². The normalized spacial score (nSPS) is 22.9. The van der Waals surface area contributed by atoms with Gasteiger partial charge in [0, 0.05) is 64.1 Å². The van der Waals surface area contributed by atoms with E-state index in [0.29, 0.717) is 5.56 Å². The van der Waals surface area contributed by atoms with Crippen LogP contribution in [-0.4, -0.2) is 77.8 Å². The van der Waals surface area contributed by atoms with E-state index in [1.54, 1.807) is 6.20 Å². The number of methoxy groups -OCH3 is 1. The average Bonchev–Trinajstić information content (AvgIpc) is 3.26. The third kappa shape index (κ3) is 7.16. The lowest BCUT2D eigenvalue weighted by Gasteiger charge is -2.45. The van der Waals surface area contributed by atoms with Crippen molar-refractivity contribution in [3.8, 4) is 0 Å². The number of nitrogens with one attached hydrogen (secondary N) is 2. The number of aromatic nitrogens is 1. The van der Waals surface area contributed by atoms with Gasteiger partial charge in [-0.05, 0) is 11.6 Å². The largest absolute Gasteiger partial charge is 0.467 e. The second kappa shape index (κ2) is 12.6. The molecule has 1 heterocycles. The molecule has 0 bridgehead atoms. The minimum atomic E-state index is -2.07. The first-order valence-corrected chi connectivity index (χ1v) is 12.5. The molecule has 2 aromatic rings. The monoisotopic (exact) mass is 560 g/mol. The molecule has 3 rings (SSSR count). The Bertz CT molecular complexity index is 1270. The Hall–Kier alpha value is -4.42. The molecule has 3 atom stereocenters. The third-order valence-electron chi connectivity index (χ3n) is 6.37. The van der Waals surface area contributed by atoms with Crippen LogP contribution in [0.2, 0.25) is 0 Å². The Morgan fingerprint density at radius 3 is 2.00 bits per heavy atom. The van der Waals surface area contributed by atoms with Gasteiger partial charge in [0.2, 0.25) is 0 Å². The van der Waals surface area contributed by atoms with E-state index in [9.17, 15) is 28.8 Å². The summed E-state index contributed by atoms with van der Waals surface area (Å²) in [5.74, 6) is -4.88. The summed E-state index contributed by atoms with van der Waals surface area (Å²) in [6.07, 6.45) is -3.14. The van der Waals surface area contributed by atoms with E-state index in [2.05, 4.69) is 10.3 Å². The molecule has 13 nitrogen and oxygen atoms in total. The zero-order valence-corrected chi connectivity index (χ0v) is 22.8. The topological polar surface area (TPSA) is 176 Å². The molecule has 1 aliphatic carbocycles. The van der Waals surface area contributed by atoms with Crippen LogP contribution in [0.3, 0.4) is 0 Å². The predicted molar refractivity (Wildman–Crippen MR) is 136 cm³/mol. The molecule has 0 saturated heterocycles. The van der Waals surface area contributed by atoms with Crippen LogP contribution in [0.4, 0.5) is 0 Å². The number of carbonyl (C=O) groups is 6. The van der Waals surface area contributed by atoms with Gasteiger partial charge in [0.1, 0.15) is 18.2 Å². The van der Waals surface area contributed by atoms with Crippen LogP contribution in [-0.2, 0) is 58.9 Å². The zero-order chi connectivity index (χ0) is 29.6. The van der Waals surface area contributed by atoms with Crippen molar-refractivity contribution in [2.45, 2.75) is 76.9 Å². The smallest absolute Gasteiger partial charge is 0.328 e. The fourth-order valence-electron chi connectivity index (χ4n) is 4.93. The maximum absolute atomic E-state index is 13.9. The minimum Gasteiger partial charge on any atom is -0.467 e. The molecule has 2 unspecified atom stereocenters. The van der Waals surface area contributed by atoms with Crippen LogP contribution in [0.1, 0.15) is 46.1 Å². The number of amides is 1. The highest BCUT2D eigenvalue weighted by atomic mass is 16.6. The molecule has 1 saturated carbocycles. The molecular weight excluding hydrogens is 528 g/mol. The number of benzene rings is 1. The van der Waals surface area contributed by atoms with Crippen molar-refractivity contribution in [2.24, 2.45) is 0 Å². The van der Waals surface area contributed by atoms with Crippen LogP contribution in [0.5, 0.6) is 0 Å². The van der Waals surface area contributed by atoms with Crippen molar-refractivity contribution in [1.82, 2.24) is 10.3 Å². The Balaban J connectivity index is 2.00. The van der Waals surface area contributed by atoms with Crippen molar-refractivity contribution >= 4 is 46.7 Å². The molecule has 1 amide bonds. The van der Waals surface area contributed by atoms with Gasteiger partial charge in [-0.1, -0.05) is 18.2 Å². The summed E-state index contributed by atoms with van der Waals surface area (Å²) in [6, 6.07) is 6.16. The molecule has 1 aliphatic rings. The van der Waals surface area contributed by atoms with E-state index in [1.165, 1.54) is 0 Å². The first kappa shape index (κ1) is 30.1. The molecule has 1 aromatic carbocycles. The van der Waals surface area contributed by atoms with Gasteiger partial charge < -0.3 is 34.0 Å². The highest BCUT2D eigenvalue weighted by Crippen LogP contribution is 2.38. The molecule has 216 valence electrons. The zero-order valence-electron chi connectivity index (χ0n) is 22.8. The number of hydrogen-bond acceptors (Lipinski definition) is 11. The van der Waals surface area contributed by atoms with Crippen molar-refractivity contribution in [1.29, 1.82) is 0 Å². The van der Waals surface area contributed by atoms with Gasteiger partial charge in [0.05, 0.1) is 7.11 Å². The van der Waals surface area contributed by atoms with Gasteiger partial charge in [-0.2, -0.15) is 0 Å². The molecule has 13 heteroatoms. The lowest BCUT2D eigenvalue weighted by Crippen LogP contribution is -2.64. The fourth-order valence-corrected chi connectivity index (χ4v) is 4.93. The summed E-state index contributed by atoms with van der Waals surface area (Å²) in [4.78, 5) is 77.6. The van der Waals surface area contributed by atoms with E-state index in [1.807, 2.05) is 24.3 Å². The standard InChI is InChI=1S/C27H32N2O11/c1-14(30)37-22-11-27(40-17(4)33,12-23(38-15(2)31)24(22)39-16(3)32)26(35)29-21(25(34)36-5)10-18-13-28-20-9-7-6-8-19(18)20/h6-9,13,21-24,28H,10-12H2,1-5H3,(H,29,35)/t21-,22?,23?,24?,27?/m1/s1. The van der Waals surface area contributed by atoms with Gasteiger partial charge in [0.15, 0.2) is 11.7 Å². The molecule has 1 aromatic heterocycles. The summed E-state index contributed by atoms with van der Waals surface area (Å²) in [5, 5.41) is 3.42. The molecule has 1 fully saturated rings. The lowest BCUT2D eigenvalue weighted by atomic mass is 9.78. The molecular formula is C27H32N2O11. The number of rotatable bonds is 9. The number of ether oxygens (including phenoxy) is 5. The van der Waals surface area contributed by atoms with Crippen molar-refractivity contribution < 1.29 is 52.5 Å². The minimum absolute atomic E-state index is 0.0232. The SMILES string of the molecule is COC(=O)[C@@H](Cc1c[nH]c2ccccc12)NC(=O)C1(OC(C)=O)CC(OC(C)=O)C(OC(C)=O)C(OC(C)=O)C1. The number of aromatic amines is 1. The van der Waals surface area contributed by atoms with Gasteiger partial charge >= 0.3 is 29.8 Å². The summed E-state index contributed by atoms with van der Waals surface area (Å²) in [7, 11) is 1.16. The lowest BCUT2D eigenvalue weighted by molar-refractivity contribution is -0.215. The van der Waals surface area contributed by atoms with Gasteiger partial charge in [-0.15, -0.1) is 0 Å². The third-order valence-corrected chi connectivity index (χ3v) is 6.37. The van der Waals surface area contributed by atoms with Gasteiger partial charge in [-0.3, -0.25) is 24.0 Å². The summed E-state index contributed by atoms with van der Waals surface area (Å²) < 4.78 is 26.4. The quantitative estimate of drug-likeness (QED) is 0.333. The number of carbonyl (C=O) groups excluding carboxylic acids is 6. The second-order valence-electron chi connectivity index (χ2n) is 9.48. The number of hydrogen-bond donors (Lipinski definition) is 2. The Kier molecular flexibility index (Phi) is 9.51. The van der Waals surface area contributed by atoms with Crippen LogP contribution in [0.25, 0.3) is 10.9 Å². The Morgan fingerprint density at radius 1 is 0.900 bits per heavy atom. The summed E-state index contributed by atoms with van der Waals surface area (Å²) in [5.41, 5.74) is -0.544. The molecule has 0 spiro atoms. The first-order chi connectivity index (χ1) is 18.8. The molecule has 2 N–H and O–H groups in total. The van der Waals surface area contributed by atoms with Gasteiger partial charge in [-0.25, -0.2) is 4.79 Å². The van der Waals surface area contributed by atoms with E-state index < -0.39 is 78.6 Å². The first-order valence-electron chi connectivity index (χ1n) is 12.5. The predicted octanol–water partition coefficient (Wildman–Crippen LogP) is 1.26.